The number of hydrogen-bond donors (Lipinski definition) is 2. The van der Waals surface area contributed by atoms with Gasteiger partial charge in [0.15, 0.2) is 5.60 Å². The van der Waals surface area contributed by atoms with Gasteiger partial charge in [-0.2, -0.15) is 0 Å². The van der Waals surface area contributed by atoms with E-state index < -0.39 is 47.9 Å². The van der Waals surface area contributed by atoms with Crippen LogP contribution in [0.25, 0.3) is 0 Å². The third kappa shape index (κ3) is 7.16. The van der Waals surface area contributed by atoms with Crippen LogP contribution < -0.4 is 20.0 Å². The molecule has 3 saturated heterocycles. The van der Waals surface area contributed by atoms with E-state index in [4.69, 9.17) is 4.74 Å². The molecule has 15 heteroatoms. The first-order valence-corrected chi connectivity index (χ1v) is 23.6. The Balaban J connectivity index is 1.12. The van der Waals surface area contributed by atoms with E-state index in [0.717, 1.165) is 11.3 Å². The van der Waals surface area contributed by atoms with Crippen molar-refractivity contribution in [1.82, 2.24) is 10.2 Å². The number of nitrogens with one attached hydrogen (secondary N) is 1. The van der Waals surface area contributed by atoms with Crippen LogP contribution in [-0.2, 0) is 37.8 Å². The molecule has 60 heavy (non-hydrogen) atoms. The summed E-state index contributed by atoms with van der Waals surface area (Å²) >= 11 is 0. The molecule has 0 aliphatic carbocycles. The largest absolute Gasteiger partial charge is 0.395 e. The monoisotopic (exact) mass is 834 g/mol. The average Bonchev–Trinajstić information content (AvgIpc) is 3.78. The number of nitro benzene ring substituents is 1. The van der Waals surface area contributed by atoms with E-state index in [2.05, 4.69) is 10.2 Å². The number of fused-ring (bicyclic) bond motifs is 2. The third-order valence-corrected chi connectivity index (χ3v) is 15.4. The quantitative estimate of drug-likeness (QED) is 0.0731. The van der Waals surface area contributed by atoms with Crippen molar-refractivity contribution in [2.24, 2.45) is 5.92 Å². The number of amides is 3. The molecule has 0 radical (unpaired) electrons. The molecule has 8 rings (SSSR count). The number of benzene rings is 4. The van der Waals surface area contributed by atoms with Crippen LogP contribution in [0.5, 0.6) is 0 Å². The van der Waals surface area contributed by atoms with Crippen molar-refractivity contribution >= 4 is 48.9 Å². The van der Waals surface area contributed by atoms with Crippen molar-refractivity contribution in [3.05, 3.63) is 130 Å². The molecule has 0 aromatic heterocycles. The summed E-state index contributed by atoms with van der Waals surface area (Å²) in [6, 6.07) is 31.0. The van der Waals surface area contributed by atoms with E-state index in [0.29, 0.717) is 49.5 Å². The van der Waals surface area contributed by atoms with Crippen LogP contribution in [0.2, 0.25) is 18.6 Å². The number of anilines is 3. The fourth-order valence-corrected chi connectivity index (χ4v) is 12.7. The Labute approximate surface area is 350 Å². The summed E-state index contributed by atoms with van der Waals surface area (Å²) in [4.78, 5) is 62.3. The summed E-state index contributed by atoms with van der Waals surface area (Å²) in [5.41, 5.74) is 0.284. The van der Waals surface area contributed by atoms with Crippen LogP contribution in [0.1, 0.15) is 42.9 Å². The van der Waals surface area contributed by atoms with Gasteiger partial charge < -0.3 is 34.0 Å². The van der Waals surface area contributed by atoms with E-state index in [9.17, 15) is 24.8 Å². The van der Waals surface area contributed by atoms with Gasteiger partial charge in [-0.05, 0) is 80.5 Å². The molecule has 4 aromatic rings. The number of nitrogens with zero attached hydrogens (tertiary/aromatic N) is 5. The lowest BCUT2D eigenvalue weighted by atomic mass is 9.82. The highest BCUT2D eigenvalue weighted by Crippen LogP contribution is 2.61. The number of aliphatic hydroxyl groups excluding tert-OH is 1. The number of para-hydroxylation sites is 1. The average molecular weight is 835 g/mol. The molecule has 3 fully saturated rings. The molecular weight excluding hydrogens is 784 g/mol. The number of aliphatic hydroxyl groups is 1. The fourth-order valence-electron chi connectivity index (χ4n) is 10.2. The number of carbonyl (C=O) groups excluding carboxylic acids is 3. The van der Waals surface area contributed by atoms with Crippen LogP contribution in [0.3, 0.4) is 0 Å². The zero-order valence-corrected chi connectivity index (χ0v) is 35.1. The molecule has 0 unspecified atom stereocenters. The van der Waals surface area contributed by atoms with Crippen LogP contribution in [0, 0.1) is 16.0 Å². The fraction of sp³-hybridized carbons (Fsp3) is 0.400. The lowest BCUT2D eigenvalue weighted by Gasteiger charge is -2.39. The minimum Gasteiger partial charge on any atom is -0.395 e. The maximum absolute atomic E-state index is 16.6. The number of nitro groups is 1. The van der Waals surface area contributed by atoms with Gasteiger partial charge in [0.1, 0.15) is 5.54 Å². The zero-order chi connectivity index (χ0) is 42.4. The Morgan fingerprint density at radius 3 is 2.28 bits per heavy atom. The van der Waals surface area contributed by atoms with Crippen LogP contribution in [0.4, 0.5) is 26.9 Å². The molecule has 2 spiro atoms. The standard InChI is InChI=1S/C45H51FN6O7Si/c1-31-41(60(2,3)46)39(27-40(54)48(23-24-53)28-32-11-6-4-7-12-32)59-45(31)37-26-36(52(57)58)17-18-38(37)49(43(45)56)29-33-13-10-16-35(25-33)50-30-51(34-14-8-5-9-15-34)44(42(50)55)19-21-47-22-20-44/h4-18,25-26,31,39,41,47,53H,19-24,27-30H2,1-3H3/t31-,39+,41-,45+/m0/s1. The molecule has 314 valence electrons. The zero-order valence-electron chi connectivity index (χ0n) is 34.1. The van der Waals surface area contributed by atoms with Crippen LogP contribution >= 0.6 is 0 Å². The number of hydrogen-bond acceptors (Lipinski definition) is 9. The number of rotatable bonds is 12. The molecule has 4 heterocycles. The number of piperidine rings is 1. The second-order valence-electron chi connectivity index (χ2n) is 16.9. The van der Waals surface area contributed by atoms with E-state index in [1.54, 1.807) is 11.8 Å². The molecule has 0 bridgehead atoms. The van der Waals surface area contributed by atoms with Crippen molar-refractivity contribution in [2.45, 2.75) is 75.2 Å². The van der Waals surface area contributed by atoms with E-state index in [1.165, 1.54) is 41.1 Å². The van der Waals surface area contributed by atoms with Gasteiger partial charge in [-0.25, -0.2) is 0 Å². The summed E-state index contributed by atoms with van der Waals surface area (Å²) in [5, 5.41) is 25.5. The maximum atomic E-state index is 16.6. The highest BCUT2D eigenvalue weighted by Gasteiger charge is 2.67. The van der Waals surface area contributed by atoms with Gasteiger partial charge in [-0.1, -0.05) is 67.6 Å². The van der Waals surface area contributed by atoms with Crippen molar-refractivity contribution in [3.8, 4) is 0 Å². The Morgan fingerprint density at radius 2 is 1.62 bits per heavy atom. The van der Waals surface area contributed by atoms with Gasteiger partial charge in [0.05, 0.1) is 43.0 Å². The number of ether oxygens (including phenoxy) is 1. The van der Waals surface area contributed by atoms with E-state index in [1.807, 2.05) is 84.9 Å². The molecule has 4 aliphatic rings. The van der Waals surface area contributed by atoms with Crippen molar-refractivity contribution < 1.29 is 33.3 Å². The predicted octanol–water partition coefficient (Wildman–Crippen LogP) is 6.26. The van der Waals surface area contributed by atoms with Crippen molar-refractivity contribution in [3.63, 3.8) is 0 Å². The normalized spacial score (nSPS) is 23.5. The smallest absolute Gasteiger partial charge is 0.269 e. The molecule has 13 nitrogen and oxygen atoms in total. The topological polar surface area (TPSA) is 149 Å². The van der Waals surface area contributed by atoms with Gasteiger partial charge in [0, 0.05) is 53.6 Å². The lowest BCUT2D eigenvalue weighted by molar-refractivity contribution is -0.385. The molecule has 4 aromatic carbocycles. The summed E-state index contributed by atoms with van der Waals surface area (Å²) in [6.45, 7) is 6.63. The number of non-ortho nitro benzene ring substituents is 1. The molecule has 2 N–H and O–H groups in total. The van der Waals surface area contributed by atoms with Crippen LogP contribution in [-0.4, -0.2) is 85.6 Å². The summed E-state index contributed by atoms with van der Waals surface area (Å²) < 4.78 is 23.4. The lowest BCUT2D eigenvalue weighted by Crippen LogP contribution is -2.55. The minimum absolute atomic E-state index is 0.0120. The van der Waals surface area contributed by atoms with E-state index in [-0.39, 0.29) is 55.7 Å². The van der Waals surface area contributed by atoms with Gasteiger partial charge in [0.2, 0.25) is 14.3 Å². The van der Waals surface area contributed by atoms with Crippen molar-refractivity contribution in [2.75, 3.05) is 47.6 Å². The molecule has 3 amide bonds. The Hall–Kier alpha value is -5.48. The summed E-state index contributed by atoms with van der Waals surface area (Å²) in [5.74, 6) is -1.64. The van der Waals surface area contributed by atoms with Gasteiger partial charge in [-0.15, -0.1) is 0 Å². The Bertz CT molecular complexity index is 2270. The van der Waals surface area contributed by atoms with Gasteiger partial charge in [-0.3, -0.25) is 29.4 Å². The molecule has 4 atom stereocenters. The SMILES string of the molecule is C[C@H]1[C@H]([Si](C)(C)F)[C@@H](CC(=O)N(CCO)Cc2ccccc2)O[C@]12C(=O)N(Cc1cccc(N3CN(c4ccccc4)C4(CCNCC4)C3=O)c1)c1ccc([N+](=O)[O-])cc12. The highest BCUT2D eigenvalue weighted by atomic mass is 28.4. The predicted molar refractivity (Wildman–Crippen MR) is 228 cm³/mol. The minimum atomic E-state index is -3.69. The van der Waals surface area contributed by atoms with Gasteiger partial charge in [0.25, 0.3) is 17.5 Å². The van der Waals surface area contributed by atoms with Gasteiger partial charge >= 0.3 is 0 Å². The summed E-state index contributed by atoms with van der Waals surface area (Å²) in [7, 11) is -3.69. The molecule has 4 aliphatic heterocycles. The first-order valence-electron chi connectivity index (χ1n) is 20.6. The first-order chi connectivity index (χ1) is 28.8. The second kappa shape index (κ2) is 16.2. The first kappa shape index (κ1) is 41.3. The molecule has 0 saturated carbocycles. The highest BCUT2D eigenvalue weighted by molar-refractivity contribution is 6.72. The number of carbonyl (C=O) groups is 3. The third-order valence-electron chi connectivity index (χ3n) is 13.0. The Morgan fingerprint density at radius 1 is 0.950 bits per heavy atom. The maximum Gasteiger partial charge on any atom is 0.269 e. The van der Waals surface area contributed by atoms with Crippen molar-refractivity contribution in [1.29, 1.82) is 0 Å². The van der Waals surface area contributed by atoms with E-state index >= 15 is 8.90 Å². The molecular formula is C45H51FN6O7Si. The van der Waals surface area contributed by atoms with Crippen LogP contribution in [0.15, 0.2) is 103 Å². The number of halogens is 1. The second-order valence-corrected chi connectivity index (χ2v) is 20.7. The Kier molecular flexibility index (Phi) is 11.1. The summed E-state index contributed by atoms with van der Waals surface area (Å²) in [6.07, 6.45) is 0.0407.